The molecule has 0 amide bonds. The maximum absolute atomic E-state index is 3.50. The summed E-state index contributed by atoms with van der Waals surface area (Å²) >= 11 is 2.11. The summed E-state index contributed by atoms with van der Waals surface area (Å²) in [5.41, 5.74) is 0. The van der Waals surface area contributed by atoms with Gasteiger partial charge >= 0.3 is 0 Å². The van der Waals surface area contributed by atoms with Crippen molar-refractivity contribution in [3.8, 4) is 0 Å². The zero-order chi connectivity index (χ0) is 10.2. The summed E-state index contributed by atoms with van der Waals surface area (Å²) in [5, 5.41) is 3.50. The van der Waals surface area contributed by atoms with Gasteiger partial charge in [-0.05, 0) is 20.3 Å². The number of nitrogens with one attached hydrogen (secondary N) is 1. The van der Waals surface area contributed by atoms with Gasteiger partial charge in [-0.3, -0.25) is 4.90 Å². The molecule has 2 aliphatic heterocycles. The Bertz CT molecular complexity index is 205. The first-order valence-corrected chi connectivity index (χ1v) is 6.74. The number of thioether (sulfide) groups is 1. The number of nitrogens with zero attached hydrogens (tertiary/aromatic N) is 1. The lowest BCUT2D eigenvalue weighted by Gasteiger charge is -2.53. The Labute approximate surface area is 91.8 Å². The van der Waals surface area contributed by atoms with Crippen LogP contribution in [0, 0.1) is 0 Å². The van der Waals surface area contributed by atoms with Crippen molar-refractivity contribution >= 4 is 11.8 Å². The standard InChI is InChI=1S/C11H22N2S/c1-4-9-7-12-5-6-13(9)10-8-14-11(10,2)3/h9-10,12H,4-8H2,1-3H3. The maximum Gasteiger partial charge on any atom is 0.0332 e. The van der Waals surface area contributed by atoms with Crippen molar-refractivity contribution in [3.63, 3.8) is 0 Å². The van der Waals surface area contributed by atoms with Crippen LogP contribution in [0.3, 0.4) is 0 Å². The highest BCUT2D eigenvalue weighted by molar-refractivity contribution is 8.02. The van der Waals surface area contributed by atoms with Crippen LogP contribution in [-0.4, -0.2) is 47.1 Å². The third-order valence-electron chi connectivity index (χ3n) is 3.68. The van der Waals surface area contributed by atoms with Crippen LogP contribution in [0.1, 0.15) is 27.2 Å². The summed E-state index contributed by atoms with van der Waals surface area (Å²) in [5.74, 6) is 1.34. The predicted octanol–water partition coefficient (Wildman–Crippen LogP) is 1.56. The van der Waals surface area contributed by atoms with Crippen LogP contribution in [0.15, 0.2) is 0 Å². The minimum Gasteiger partial charge on any atom is -0.314 e. The number of hydrogen-bond acceptors (Lipinski definition) is 3. The molecule has 3 heteroatoms. The highest BCUT2D eigenvalue weighted by atomic mass is 32.2. The Kier molecular flexibility index (Phi) is 3.10. The fourth-order valence-corrected chi connectivity index (χ4v) is 3.86. The third-order valence-corrected chi connectivity index (χ3v) is 5.18. The molecule has 2 saturated heterocycles. The lowest BCUT2D eigenvalue weighted by atomic mass is 9.97. The van der Waals surface area contributed by atoms with Gasteiger partial charge in [-0.25, -0.2) is 0 Å². The largest absolute Gasteiger partial charge is 0.314 e. The van der Waals surface area contributed by atoms with Crippen molar-refractivity contribution in [1.29, 1.82) is 0 Å². The van der Waals surface area contributed by atoms with E-state index in [1.807, 2.05) is 0 Å². The molecule has 2 nitrogen and oxygen atoms in total. The maximum atomic E-state index is 3.50. The van der Waals surface area contributed by atoms with E-state index in [0.717, 1.165) is 12.1 Å². The topological polar surface area (TPSA) is 15.3 Å². The Morgan fingerprint density at radius 3 is 2.79 bits per heavy atom. The van der Waals surface area contributed by atoms with Crippen LogP contribution in [-0.2, 0) is 0 Å². The van der Waals surface area contributed by atoms with Crippen LogP contribution in [0.4, 0.5) is 0 Å². The van der Waals surface area contributed by atoms with Crippen molar-refractivity contribution in [2.24, 2.45) is 0 Å². The van der Waals surface area contributed by atoms with Gasteiger partial charge in [0.2, 0.25) is 0 Å². The molecule has 0 saturated carbocycles. The fraction of sp³-hybridized carbons (Fsp3) is 1.00. The smallest absolute Gasteiger partial charge is 0.0332 e. The van der Waals surface area contributed by atoms with Crippen molar-refractivity contribution in [1.82, 2.24) is 10.2 Å². The van der Waals surface area contributed by atoms with Crippen LogP contribution in [0.25, 0.3) is 0 Å². The number of rotatable bonds is 2. The summed E-state index contributed by atoms with van der Waals surface area (Å²) < 4.78 is 0.491. The molecule has 2 unspecified atom stereocenters. The van der Waals surface area contributed by atoms with E-state index < -0.39 is 0 Å². The summed E-state index contributed by atoms with van der Waals surface area (Å²) in [6, 6.07) is 1.59. The van der Waals surface area contributed by atoms with E-state index in [0.29, 0.717) is 4.75 Å². The van der Waals surface area contributed by atoms with Crippen molar-refractivity contribution in [2.45, 2.75) is 44.0 Å². The average molecular weight is 214 g/mol. The molecule has 2 fully saturated rings. The van der Waals surface area contributed by atoms with Gasteiger partial charge in [-0.1, -0.05) is 6.92 Å². The Balaban J connectivity index is 2.00. The summed E-state index contributed by atoms with van der Waals surface area (Å²) in [6.45, 7) is 10.7. The van der Waals surface area contributed by atoms with Gasteiger partial charge in [0.15, 0.2) is 0 Å². The number of piperazine rings is 1. The second kappa shape index (κ2) is 4.03. The molecule has 0 aromatic rings. The summed E-state index contributed by atoms with van der Waals surface area (Å²) in [4.78, 5) is 2.74. The minimum atomic E-state index is 0.491. The van der Waals surface area contributed by atoms with E-state index in [-0.39, 0.29) is 0 Å². The average Bonchev–Trinajstić information content (AvgIpc) is 2.17. The molecule has 82 valence electrons. The van der Waals surface area contributed by atoms with Crippen molar-refractivity contribution in [2.75, 3.05) is 25.4 Å². The van der Waals surface area contributed by atoms with Gasteiger partial charge < -0.3 is 5.32 Å². The van der Waals surface area contributed by atoms with Gasteiger partial charge in [0.1, 0.15) is 0 Å². The van der Waals surface area contributed by atoms with E-state index >= 15 is 0 Å². The number of hydrogen-bond donors (Lipinski definition) is 1. The first kappa shape index (κ1) is 10.8. The molecule has 1 N–H and O–H groups in total. The van der Waals surface area contributed by atoms with Gasteiger partial charge in [0.25, 0.3) is 0 Å². The monoisotopic (exact) mass is 214 g/mol. The van der Waals surface area contributed by atoms with E-state index in [2.05, 4.69) is 42.7 Å². The molecule has 2 aliphatic rings. The van der Waals surface area contributed by atoms with E-state index in [1.54, 1.807) is 0 Å². The first-order chi connectivity index (χ1) is 6.65. The summed E-state index contributed by atoms with van der Waals surface area (Å²) in [7, 11) is 0. The van der Waals surface area contributed by atoms with Gasteiger partial charge in [-0.2, -0.15) is 11.8 Å². The van der Waals surface area contributed by atoms with Crippen molar-refractivity contribution in [3.05, 3.63) is 0 Å². The van der Waals surface area contributed by atoms with Gasteiger partial charge in [-0.15, -0.1) is 0 Å². The van der Waals surface area contributed by atoms with Crippen LogP contribution >= 0.6 is 11.8 Å². The third kappa shape index (κ3) is 1.82. The van der Waals surface area contributed by atoms with Crippen LogP contribution in [0.5, 0.6) is 0 Å². The fourth-order valence-electron chi connectivity index (χ4n) is 2.55. The first-order valence-electron chi connectivity index (χ1n) is 5.75. The molecule has 0 spiro atoms. The normalized spacial score (nSPS) is 37.9. The highest BCUT2D eigenvalue weighted by Gasteiger charge is 2.45. The molecule has 2 heterocycles. The highest BCUT2D eigenvalue weighted by Crippen LogP contribution is 2.43. The SMILES string of the molecule is CCC1CNCCN1C1CSC1(C)C. The van der Waals surface area contributed by atoms with Crippen molar-refractivity contribution < 1.29 is 0 Å². The molecule has 0 bridgehead atoms. The van der Waals surface area contributed by atoms with Gasteiger partial charge in [0.05, 0.1) is 0 Å². The van der Waals surface area contributed by atoms with Gasteiger partial charge in [0, 0.05) is 42.2 Å². The molecular formula is C11H22N2S. The quantitative estimate of drug-likeness (QED) is 0.751. The second-order valence-electron chi connectivity index (χ2n) is 4.93. The van der Waals surface area contributed by atoms with Crippen LogP contribution in [0.2, 0.25) is 0 Å². The molecule has 0 aromatic carbocycles. The lowest BCUT2D eigenvalue weighted by molar-refractivity contribution is 0.0892. The molecule has 2 rings (SSSR count). The lowest BCUT2D eigenvalue weighted by Crippen LogP contribution is -2.64. The molecule has 0 aliphatic carbocycles. The molecule has 2 atom stereocenters. The second-order valence-corrected chi connectivity index (χ2v) is 6.61. The predicted molar refractivity (Wildman–Crippen MR) is 64.0 cm³/mol. The zero-order valence-corrected chi connectivity index (χ0v) is 10.4. The Morgan fingerprint density at radius 2 is 2.29 bits per heavy atom. The van der Waals surface area contributed by atoms with E-state index in [1.165, 1.54) is 31.8 Å². The molecule has 14 heavy (non-hydrogen) atoms. The van der Waals surface area contributed by atoms with E-state index in [4.69, 9.17) is 0 Å². The van der Waals surface area contributed by atoms with E-state index in [9.17, 15) is 0 Å². The molecular weight excluding hydrogens is 192 g/mol. The Hall–Kier alpha value is 0.270. The zero-order valence-electron chi connectivity index (χ0n) is 9.55. The molecule has 0 radical (unpaired) electrons. The Morgan fingerprint density at radius 1 is 1.50 bits per heavy atom. The minimum absolute atomic E-state index is 0.491. The summed E-state index contributed by atoms with van der Waals surface area (Å²) in [6.07, 6.45) is 1.28. The van der Waals surface area contributed by atoms with Crippen LogP contribution < -0.4 is 5.32 Å². The molecule has 0 aromatic heterocycles.